The average Bonchev–Trinajstić information content (AvgIpc) is 2.37. The van der Waals surface area contributed by atoms with Crippen LogP contribution < -0.4 is 4.74 Å². The molecule has 2 aromatic rings. The molecule has 1 N–H and O–H groups in total. The number of aliphatic hydroxyl groups is 1. The quantitative estimate of drug-likeness (QED) is 0.897. The van der Waals surface area contributed by atoms with Gasteiger partial charge in [0.1, 0.15) is 24.3 Å². The molecular weight excluding hydrogens is 231 g/mol. The fourth-order valence-electron chi connectivity index (χ4n) is 1.62. The van der Waals surface area contributed by atoms with Gasteiger partial charge in [0.15, 0.2) is 0 Å². The van der Waals surface area contributed by atoms with Gasteiger partial charge in [0.05, 0.1) is 0 Å². The summed E-state index contributed by atoms with van der Waals surface area (Å²) in [6.07, 6.45) is -0.714. The van der Waals surface area contributed by atoms with Crippen LogP contribution in [0.5, 0.6) is 5.75 Å². The lowest BCUT2D eigenvalue weighted by molar-refractivity contribution is 0.108. The van der Waals surface area contributed by atoms with Gasteiger partial charge < -0.3 is 9.84 Å². The van der Waals surface area contributed by atoms with Crippen molar-refractivity contribution in [3.63, 3.8) is 0 Å². The normalized spacial score (nSPS) is 12.2. The highest BCUT2D eigenvalue weighted by Gasteiger charge is 2.08. The smallest absolute Gasteiger partial charge is 0.126 e. The van der Waals surface area contributed by atoms with Gasteiger partial charge in [-0.25, -0.2) is 4.39 Å². The third-order valence-corrected chi connectivity index (χ3v) is 2.67. The fourth-order valence-corrected chi connectivity index (χ4v) is 1.62. The van der Waals surface area contributed by atoms with Crippen LogP contribution in [0, 0.1) is 12.7 Å². The zero-order valence-electron chi connectivity index (χ0n) is 10.1. The van der Waals surface area contributed by atoms with Crippen LogP contribution in [0.2, 0.25) is 0 Å². The maximum absolute atomic E-state index is 12.9. The van der Waals surface area contributed by atoms with Crippen molar-refractivity contribution < 1.29 is 14.2 Å². The minimum atomic E-state index is -0.714. The lowest BCUT2D eigenvalue weighted by Gasteiger charge is -2.13. The SMILES string of the molecule is Cc1ccc(C(O)COc2cccc(F)c2)cc1. The second kappa shape index (κ2) is 5.65. The van der Waals surface area contributed by atoms with E-state index in [1.165, 1.54) is 12.1 Å². The van der Waals surface area contributed by atoms with Crippen LogP contribution in [0.15, 0.2) is 48.5 Å². The highest BCUT2D eigenvalue weighted by Crippen LogP contribution is 2.17. The molecule has 1 unspecified atom stereocenters. The molecule has 0 amide bonds. The van der Waals surface area contributed by atoms with Gasteiger partial charge in [-0.3, -0.25) is 0 Å². The Morgan fingerprint density at radius 2 is 1.89 bits per heavy atom. The summed E-state index contributed by atoms with van der Waals surface area (Å²) in [4.78, 5) is 0. The third kappa shape index (κ3) is 3.31. The highest BCUT2D eigenvalue weighted by atomic mass is 19.1. The van der Waals surface area contributed by atoms with Crippen LogP contribution in [0.4, 0.5) is 4.39 Å². The first-order valence-corrected chi connectivity index (χ1v) is 5.78. The van der Waals surface area contributed by atoms with E-state index in [0.29, 0.717) is 5.75 Å². The first kappa shape index (κ1) is 12.6. The predicted molar refractivity (Wildman–Crippen MR) is 68.0 cm³/mol. The Hall–Kier alpha value is -1.87. The molecule has 0 radical (unpaired) electrons. The number of hydrogen-bond acceptors (Lipinski definition) is 2. The Morgan fingerprint density at radius 1 is 1.17 bits per heavy atom. The molecule has 0 aliphatic rings. The molecule has 0 saturated carbocycles. The number of ether oxygens (including phenoxy) is 1. The Bertz CT molecular complexity index is 508. The van der Waals surface area contributed by atoms with Crippen molar-refractivity contribution in [2.75, 3.05) is 6.61 Å². The molecule has 1 atom stereocenters. The van der Waals surface area contributed by atoms with Gasteiger partial charge in [0, 0.05) is 6.07 Å². The molecule has 18 heavy (non-hydrogen) atoms. The largest absolute Gasteiger partial charge is 0.490 e. The molecule has 2 rings (SSSR count). The molecule has 0 spiro atoms. The number of benzene rings is 2. The first-order valence-electron chi connectivity index (χ1n) is 5.78. The highest BCUT2D eigenvalue weighted by molar-refractivity contribution is 5.25. The second-order valence-electron chi connectivity index (χ2n) is 4.19. The van der Waals surface area contributed by atoms with Crippen molar-refractivity contribution in [2.24, 2.45) is 0 Å². The third-order valence-electron chi connectivity index (χ3n) is 2.67. The van der Waals surface area contributed by atoms with Crippen LogP contribution in [0.25, 0.3) is 0 Å². The average molecular weight is 246 g/mol. The fraction of sp³-hybridized carbons (Fsp3) is 0.200. The number of rotatable bonds is 4. The van der Waals surface area contributed by atoms with Gasteiger partial charge >= 0.3 is 0 Å². The summed E-state index contributed by atoms with van der Waals surface area (Å²) in [5, 5.41) is 9.92. The molecule has 0 bridgehead atoms. The lowest BCUT2D eigenvalue weighted by atomic mass is 10.1. The first-order chi connectivity index (χ1) is 8.65. The number of aryl methyl sites for hydroxylation is 1. The molecule has 0 heterocycles. The zero-order chi connectivity index (χ0) is 13.0. The van der Waals surface area contributed by atoms with Crippen molar-refractivity contribution in [1.29, 1.82) is 0 Å². The van der Waals surface area contributed by atoms with Crippen molar-refractivity contribution in [1.82, 2.24) is 0 Å². The molecule has 0 aromatic heterocycles. The Labute approximate surface area is 106 Å². The van der Waals surface area contributed by atoms with Crippen molar-refractivity contribution in [2.45, 2.75) is 13.0 Å². The van der Waals surface area contributed by atoms with E-state index in [4.69, 9.17) is 4.74 Å². The van der Waals surface area contributed by atoms with E-state index in [1.54, 1.807) is 12.1 Å². The van der Waals surface area contributed by atoms with Gasteiger partial charge in [-0.05, 0) is 24.6 Å². The Balaban J connectivity index is 1.96. The summed E-state index contributed by atoms with van der Waals surface area (Å²) in [5.74, 6) is 0.0680. The molecule has 0 aliphatic heterocycles. The summed E-state index contributed by atoms with van der Waals surface area (Å²) in [5.41, 5.74) is 1.93. The molecular formula is C15H15FO2. The minimum absolute atomic E-state index is 0.104. The molecule has 0 saturated heterocycles. The van der Waals surface area contributed by atoms with Gasteiger partial charge in [-0.2, -0.15) is 0 Å². The van der Waals surface area contributed by atoms with Gasteiger partial charge in [0.25, 0.3) is 0 Å². The van der Waals surface area contributed by atoms with E-state index in [0.717, 1.165) is 11.1 Å². The number of halogens is 1. The molecule has 0 fully saturated rings. The monoisotopic (exact) mass is 246 g/mol. The van der Waals surface area contributed by atoms with E-state index >= 15 is 0 Å². The Kier molecular flexibility index (Phi) is 3.95. The Morgan fingerprint density at radius 3 is 2.56 bits per heavy atom. The van der Waals surface area contributed by atoms with Gasteiger partial charge in [-0.15, -0.1) is 0 Å². The predicted octanol–water partition coefficient (Wildman–Crippen LogP) is 3.25. The number of hydrogen-bond donors (Lipinski definition) is 1. The lowest BCUT2D eigenvalue weighted by Crippen LogP contribution is -2.09. The maximum atomic E-state index is 12.9. The van der Waals surface area contributed by atoms with Crippen molar-refractivity contribution in [3.8, 4) is 5.75 Å². The molecule has 94 valence electrons. The molecule has 2 nitrogen and oxygen atoms in total. The van der Waals surface area contributed by atoms with Gasteiger partial charge in [0.2, 0.25) is 0 Å². The second-order valence-corrected chi connectivity index (χ2v) is 4.19. The summed E-state index contributed by atoms with van der Waals surface area (Å²) in [6.45, 7) is 2.09. The number of aliphatic hydroxyl groups excluding tert-OH is 1. The topological polar surface area (TPSA) is 29.5 Å². The van der Waals surface area contributed by atoms with Crippen LogP contribution >= 0.6 is 0 Å². The van der Waals surface area contributed by atoms with Crippen LogP contribution in [-0.2, 0) is 0 Å². The minimum Gasteiger partial charge on any atom is -0.490 e. The van der Waals surface area contributed by atoms with Gasteiger partial charge in [-0.1, -0.05) is 35.9 Å². The molecule has 2 aromatic carbocycles. The van der Waals surface area contributed by atoms with E-state index in [2.05, 4.69) is 0 Å². The van der Waals surface area contributed by atoms with Crippen LogP contribution in [-0.4, -0.2) is 11.7 Å². The van der Waals surface area contributed by atoms with Crippen LogP contribution in [0.1, 0.15) is 17.2 Å². The van der Waals surface area contributed by atoms with E-state index < -0.39 is 6.10 Å². The standard InChI is InChI=1S/C15H15FO2/c1-11-5-7-12(8-6-11)15(17)10-18-14-4-2-3-13(16)9-14/h2-9,15,17H,10H2,1H3. The molecule has 3 heteroatoms. The summed E-state index contributed by atoms with van der Waals surface area (Å²) in [7, 11) is 0. The van der Waals surface area contributed by atoms with Crippen LogP contribution in [0.3, 0.4) is 0 Å². The zero-order valence-corrected chi connectivity index (χ0v) is 10.1. The van der Waals surface area contributed by atoms with E-state index in [1.807, 2.05) is 31.2 Å². The maximum Gasteiger partial charge on any atom is 0.126 e. The summed E-state index contributed by atoms with van der Waals surface area (Å²) < 4.78 is 18.3. The van der Waals surface area contributed by atoms with E-state index in [9.17, 15) is 9.50 Å². The van der Waals surface area contributed by atoms with Crippen molar-refractivity contribution >= 4 is 0 Å². The van der Waals surface area contributed by atoms with Crippen molar-refractivity contribution in [3.05, 3.63) is 65.5 Å². The summed E-state index contributed by atoms with van der Waals surface area (Å²) >= 11 is 0. The van der Waals surface area contributed by atoms with E-state index in [-0.39, 0.29) is 12.4 Å². The molecule has 0 aliphatic carbocycles. The summed E-state index contributed by atoms with van der Waals surface area (Å²) in [6, 6.07) is 13.4.